The van der Waals surface area contributed by atoms with Crippen molar-refractivity contribution in [3.63, 3.8) is 0 Å². The molecular weight excluding hydrogens is 491 g/mol. The number of hydrogen-bond donors (Lipinski definition) is 2. The van der Waals surface area contributed by atoms with Crippen LogP contribution in [0.5, 0.6) is 5.75 Å². The van der Waals surface area contributed by atoms with Crippen molar-refractivity contribution in [2.45, 2.75) is 31.8 Å². The van der Waals surface area contributed by atoms with Crippen molar-refractivity contribution in [1.29, 1.82) is 0 Å². The van der Waals surface area contributed by atoms with Gasteiger partial charge in [0.15, 0.2) is 18.2 Å². The molecule has 35 heavy (non-hydrogen) atoms. The SMILES string of the molecule is Cn1c(=O)ccc2ncc(Cl)c(CCN3CCC(NCc4nc5c(cc4Cl)OCC(=O)N5)CC3)c21. The molecule has 0 radical (unpaired) electrons. The van der Waals surface area contributed by atoms with Crippen molar-refractivity contribution >= 4 is 46.0 Å². The zero-order chi connectivity index (χ0) is 24.5. The predicted molar refractivity (Wildman–Crippen MR) is 135 cm³/mol. The number of anilines is 1. The van der Waals surface area contributed by atoms with Crippen LogP contribution in [0, 0.1) is 0 Å². The number of rotatable bonds is 6. The fourth-order valence-electron chi connectivity index (χ4n) is 4.66. The molecule has 3 aromatic rings. The van der Waals surface area contributed by atoms with Crippen LogP contribution in [0.2, 0.25) is 10.0 Å². The van der Waals surface area contributed by atoms with E-state index in [-0.39, 0.29) is 18.1 Å². The van der Waals surface area contributed by atoms with E-state index in [4.69, 9.17) is 27.9 Å². The summed E-state index contributed by atoms with van der Waals surface area (Å²) in [4.78, 5) is 35.0. The Labute approximate surface area is 212 Å². The summed E-state index contributed by atoms with van der Waals surface area (Å²) in [6.07, 6.45) is 4.39. The molecule has 2 aliphatic rings. The summed E-state index contributed by atoms with van der Waals surface area (Å²) in [6, 6.07) is 5.32. The number of nitrogens with zero attached hydrogens (tertiary/aromatic N) is 4. The topological polar surface area (TPSA) is 101 Å². The molecule has 5 heterocycles. The molecule has 184 valence electrons. The van der Waals surface area contributed by atoms with Gasteiger partial charge in [-0.25, -0.2) is 4.98 Å². The van der Waals surface area contributed by atoms with Crippen LogP contribution in [-0.2, 0) is 24.8 Å². The minimum absolute atomic E-state index is 0.0249. The number of carbonyl (C=O) groups is 1. The van der Waals surface area contributed by atoms with Gasteiger partial charge in [0.25, 0.3) is 11.5 Å². The first-order valence-electron chi connectivity index (χ1n) is 11.6. The molecule has 0 atom stereocenters. The highest BCUT2D eigenvalue weighted by atomic mass is 35.5. The number of amides is 1. The Morgan fingerprint density at radius 3 is 2.80 bits per heavy atom. The normalized spacial score (nSPS) is 16.7. The van der Waals surface area contributed by atoms with Crippen molar-refractivity contribution in [2.24, 2.45) is 7.05 Å². The van der Waals surface area contributed by atoms with Crippen LogP contribution in [0.3, 0.4) is 0 Å². The lowest BCUT2D eigenvalue weighted by molar-refractivity contribution is -0.118. The number of nitrogens with one attached hydrogen (secondary N) is 2. The molecule has 0 unspecified atom stereocenters. The van der Waals surface area contributed by atoms with Gasteiger partial charge in [0.1, 0.15) is 0 Å². The molecule has 2 aliphatic heterocycles. The summed E-state index contributed by atoms with van der Waals surface area (Å²) in [7, 11) is 1.76. The van der Waals surface area contributed by atoms with E-state index in [1.54, 1.807) is 29.9 Å². The van der Waals surface area contributed by atoms with E-state index in [1.807, 2.05) is 0 Å². The van der Waals surface area contributed by atoms with Crippen LogP contribution in [0.1, 0.15) is 24.1 Å². The van der Waals surface area contributed by atoms with E-state index in [1.165, 1.54) is 6.07 Å². The summed E-state index contributed by atoms with van der Waals surface area (Å²) in [5.74, 6) is 0.688. The van der Waals surface area contributed by atoms with Gasteiger partial charge in [-0.3, -0.25) is 14.6 Å². The monoisotopic (exact) mass is 516 g/mol. The third-order valence-electron chi connectivity index (χ3n) is 6.64. The largest absolute Gasteiger partial charge is 0.480 e. The van der Waals surface area contributed by atoms with Crippen LogP contribution in [-0.4, -0.2) is 57.6 Å². The highest BCUT2D eigenvalue weighted by Gasteiger charge is 2.22. The molecule has 1 saturated heterocycles. The minimum atomic E-state index is -0.220. The molecule has 0 spiro atoms. The van der Waals surface area contributed by atoms with Crippen LogP contribution in [0.15, 0.2) is 29.2 Å². The number of piperidine rings is 1. The Morgan fingerprint density at radius 1 is 1.20 bits per heavy atom. The van der Waals surface area contributed by atoms with Gasteiger partial charge in [-0.05, 0) is 44.0 Å². The molecule has 11 heteroatoms. The Hall–Kier alpha value is -2.72. The lowest BCUT2D eigenvalue weighted by atomic mass is 10.0. The quantitative estimate of drug-likeness (QED) is 0.519. The second-order valence-corrected chi connectivity index (χ2v) is 9.71. The summed E-state index contributed by atoms with van der Waals surface area (Å²) >= 11 is 12.9. The van der Waals surface area contributed by atoms with Crippen molar-refractivity contribution in [1.82, 2.24) is 24.8 Å². The summed E-state index contributed by atoms with van der Waals surface area (Å²) in [5.41, 5.74) is 3.15. The maximum atomic E-state index is 12.1. The third kappa shape index (κ3) is 5.13. The average molecular weight is 517 g/mol. The first-order chi connectivity index (χ1) is 16.9. The van der Waals surface area contributed by atoms with Gasteiger partial charge in [0.2, 0.25) is 0 Å². The predicted octanol–water partition coefficient (Wildman–Crippen LogP) is 2.76. The minimum Gasteiger partial charge on any atom is -0.480 e. The number of likely N-dealkylation sites (tertiary alicyclic amines) is 1. The number of carbonyl (C=O) groups excluding carboxylic acids is 1. The average Bonchev–Trinajstić information content (AvgIpc) is 2.85. The smallest absolute Gasteiger partial charge is 0.263 e. The molecular formula is C24H26Cl2N6O3. The van der Waals surface area contributed by atoms with E-state index in [2.05, 4.69) is 25.5 Å². The molecule has 0 bridgehead atoms. The van der Waals surface area contributed by atoms with Crippen LogP contribution < -0.4 is 20.9 Å². The summed E-state index contributed by atoms with van der Waals surface area (Å²) in [5, 5.41) is 7.37. The van der Waals surface area contributed by atoms with E-state index >= 15 is 0 Å². The molecule has 0 saturated carbocycles. The van der Waals surface area contributed by atoms with Crippen LogP contribution in [0.25, 0.3) is 11.0 Å². The fourth-order valence-corrected chi connectivity index (χ4v) is 5.10. The standard InChI is InChI=1S/C24H26Cl2N6O3/c1-31-22(34)3-2-18-23(31)15(17(26)11-28-18)6-9-32-7-4-14(5-8-32)27-12-19-16(25)10-20-24(29-19)30-21(33)13-35-20/h2-3,10-11,14,27H,4-9,12-13H2,1H3,(H,29,30,33). The lowest BCUT2D eigenvalue weighted by Gasteiger charge is -2.32. The van der Waals surface area contributed by atoms with Crippen LogP contribution in [0.4, 0.5) is 5.82 Å². The zero-order valence-corrected chi connectivity index (χ0v) is 20.8. The Bertz CT molecular complexity index is 1340. The third-order valence-corrected chi connectivity index (χ3v) is 7.29. The fraction of sp³-hybridized carbons (Fsp3) is 0.417. The van der Waals surface area contributed by atoms with E-state index in [0.717, 1.165) is 55.5 Å². The lowest BCUT2D eigenvalue weighted by Crippen LogP contribution is -2.43. The van der Waals surface area contributed by atoms with Crippen LogP contribution >= 0.6 is 23.2 Å². The number of ether oxygens (including phenoxy) is 1. The van der Waals surface area contributed by atoms with Crippen molar-refractivity contribution in [2.75, 3.05) is 31.6 Å². The van der Waals surface area contributed by atoms with Gasteiger partial charge in [-0.1, -0.05) is 23.2 Å². The molecule has 5 rings (SSSR count). The molecule has 1 amide bonds. The molecule has 0 aromatic carbocycles. The van der Waals surface area contributed by atoms with Gasteiger partial charge in [0.05, 0.1) is 26.8 Å². The highest BCUT2D eigenvalue weighted by Crippen LogP contribution is 2.31. The summed E-state index contributed by atoms with van der Waals surface area (Å²) in [6.45, 7) is 3.24. The number of halogens is 2. The van der Waals surface area contributed by atoms with Crippen molar-refractivity contribution in [3.8, 4) is 5.75 Å². The first-order valence-corrected chi connectivity index (χ1v) is 12.4. The Kier molecular flexibility index (Phi) is 6.93. The number of hydrogen-bond acceptors (Lipinski definition) is 7. The van der Waals surface area contributed by atoms with E-state index < -0.39 is 0 Å². The zero-order valence-electron chi connectivity index (χ0n) is 19.3. The highest BCUT2D eigenvalue weighted by molar-refractivity contribution is 6.32. The number of pyridine rings is 3. The van der Waals surface area contributed by atoms with Crippen molar-refractivity contribution in [3.05, 3.63) is 56.1 Å². The first kappa shape index (κ1) is 24.0. The van der Waals surface area contributed by atoms with Crippen molar-refractivity contribution < 1.29 is 9.53 Å². The molecule has 0 aliphatic carbocycles. The second kappa shape index (κ2) is 10.1. The van der Waals surface area contributed by atoms with Gasteiger partial charge in [0, 0.05) is 44.5 Å². The summed E-state index contributed by atoms with van der Waals surface area (Å²) < 4.78 is 6.98. The number of fused-ring (bicyclic) bond motifs is 2. The van der Waals surface area contributed by atoms with E-state index in [0.29, 0.717) is 39.9 Å². The maximum absolute atomic E-state index is 12.1. The number of aryl methyl sites for hydroxylation is 1. The second-order valence-electron chi connectivity index (χ2n) is 8.90. The van der Waals surface area contributed by atoms with Gasteiger partial charge < -0.3 is 24.8 Å². The van der Waals surface area contributed by atoms with Gasteiger partial charge in [-0.15, -0.1) is 0 Å². The Morgan fingerprint density at radius 2 is 2.00 bits per heavy atom. The van der Waals surface area contributed by atoms with Gasteiger partial charge >= 0.3 is 0 Å². The number of aromatic nitrogens is 3. The maximum Gasteiger partial charge on any atom is 0.263 e. The molecule has 2 N–H and O–H groups in total. The molecule has 1 fully saturated rings. The Balaban J connectivity index is 1.16. The van der Waals surface area contributed by atoms with Gasteiger partial charge in [-0.2, -0.15) is 0 Å². The van der Waals surface area contributed by atoms with E-state index in [9.17, 15) is 9.59 Å². The molecule has 3 aromatic heterocycles. The molecule has 9 nitrogen and oxygen atoms in total.